The summed E-state index contributed by atoms with van der Waals surface area (Å²) in [4.78, 5) is 34.6. The van der Waals surface area contributed by atoms with Gasteiger partial charge in [-0.15, -0.1) is 0 Å². The summed E-state index contributed by atoms with van der Waals surface area (Å²) in [6.07, 6.45) is 0. The molecule has 0 saturated heterocycles. The van der Waals surface area contributed by atoms with Gasteiger partial charge in [0.2, 0.25) is 0 Å². The average molecular weight is 586 g/mol. The van der Waals surface area contributed by atoms with Crippen molar-refractivity contribution in [1.29, 1.82) is 5.26 Å². The number of primary amides is 1. The zero-order valence-electron chi connectivity index (χ0n) is 22.7. The zero-order valence-corrected chi connectivity index (χ0v) is 23.4. The zero-order chi connectivity index (χ0) is 30.2. The van der Waals surface area contributed by atoms with Crippen molar-refractivity contribution in [3.05, 3.63) is 124 Å². The van der Waals surface area contributed by atoms with Crippen molar-refractivity contribution in [2.45, 2.75) is 6.92 Å². The summed E-state index contributed by atoms with van der Waals surface area (Å²) < 4.78 is 14.9. The van der Waals surface area contributed by atoms with E-state index in [-0.39, 0.29) is 22.0 Å². The van der Waals surface area contributed by atoms with Gasteiger partial charge in [-0.1, -0.05) is 48.0 Å². The van der Waals surface area contributed by atoms with E-state index in [1.807, 2.05) is 31.2 Å². The van der Waals surface area contributed by atoms with Crippen molar-refractivity contribution in [2.75, 3.05) is 5.32 Å². The van der Waals surface area contributed by atoms with Crippen molar-refractivity contribution in [2.24, 2.45) is 5.73 Å². The lowest BCUT2D eigenvalue weighted by molar-refractivity contribution is 0.0993. The Morgan fingerprint density at radius 3 is 2.28 bits per heavy atom. The number of hydrogen-bond donors (Lipinski definition) is 2. The second-order valence-corrected chi connectivity index (χ2v) is 10.4. The fourth-order valence-electron chi connectivity index (χ4n) is 5.06. The number of benzene rings is 4. The molecule has 9 heteroatoms. The minimum atomic E-state index is -0.731. The number of nitrogens with two attached hydrogens (primary N) is 1. The number of pyridine rings is 2. The molecule has 43 heavy (non-hydrogen) atoms. The quantitative estimate of drug-likeness (QED) is 0.218. The van der Waals surface area contributed by atoms with Crippen LogP contribution in [-0.2, 0) is 0 Å². The van der Waals surface area contributed by atoms with E-state index in [9.17, 15) is 19.2 Å². The average Bonchev–Trinajstić information content (AvgIpc) is 3.00. The Bertz CT molecular complexity index is 2170. The molecule has 0 spiro atoms. The minimum absolute atomic E-state index is 0.0151. The highest BCUT2D eigenvalue weighted by molar-refractivity contribution is 6.30. The molecule has 0 atom stereocenters. The van der Waals surface area contributed by atoms with Crippen molar-refractivity contribution >= 4 is 50.9 Å². The summed E-state index contributed by atoms with van der Waals surface area (Å²) in [6, 6.07) is 27.3. The van der Waals surface area contributed by atoms with E-state index in [1.165, 1.54) is 12.1 Å². The van der Waals surface area contributed by atoms with Crippen LogP contribution >= 0.6 is 11.6 Å². The van der Waals surface area contributed by atoms with E-state index in [2.05, 4.69) is 21.4 Å². The molecule has 0 aliphatic heterocycles. The molecule has 0 aliphatic carbocycles. The number of aromatic nitrogens is 2. The van der Waals surface area contributed by atoms with Gasteiger partial charge < -0.3 is 11.1 Å². The van der Waals surface area contributed by atoms with Crippen LogP contribution in [0, 0.1) is 24.1 Å². The lowest BCUT2D eigenvalue weighted by atomic mass is 9.94. The monoisotopic (exact) mass is 585 g/mol. The van der Waals surface area contributed by atoms with E-state index < -0.39 is 17.6 Å². The fraction of sp³-hybridized carbons (Fsp3) is 0.0294. The maximum absolute atomic E-state index is 14.9. The number of nitriles is 1. The molecule has 0 bridgehead atoms. The number of aryl methyl sites for hydroxylation is 1. The lowest BCUT2D eigenvalue weighted by Gasteiger charge is -2.13. The Morgan fingerprint density at radius 2 is 1.51 bits per heavy atom. The van der Waals surface area contributed by atoms with E-state index in [0.29, 0.717) is 49.7 Å². The van der Waals surface area contributed by atoms with Gasteiger partial charge in [-0.3, -0.25) is 9.59 Å². The molecule has 0 fully saturated rings. The lowest BCUT2D eigenvalue weighted by Crippen LogP contribution is -2.15. The van der Waals surface area contributed by atoms with Crippen LogP contribution in [-0.4, -0.2) is 21.8 Å². The third-order valence-corrected chi connectivity index (χ3v) is 7.31. The molecule has 3 N–H and O–H groups in total. The number of nitrogens with zero attached hydrogens (tertiary/aromatic N) is 3. The van der Waals surface area contributed by atoms with Crippen LogP contribution in [0.25, 0.3) is 44.1 Å². The molecule has 0 aliphatic rings. The number of rotatable bonds is 5. The molecule has 2 amide bonds. The molecule has 6 rings (SSSR count). The summed E-state index contributed by atoms with van der Waals surface area (Å²) in [5.74, 6) is -1.78. The van der Waals surface area contributed by atoms with Crippen LogP contribution in [0.15, 0.2) is 91.0 Å². The number of anilines is 1. The number of carbonyl (C=O) groups is 2. The number of para-hydroxylation sites is 1. The van der Waals surface area contributed by atoms with Gasteiger partial charge in [-0.25, -0.2) is 14.4 Å². The Morgan fingerprint density at radius 1 is 0.814 bits per heavy atom. The molecule has 0 saturated carbocycles. The highest BCUT2D eigenvalue weighted by Gasteiger charge is 2.18. The normalized spacial score (nSPS) is 10.9. The molecule has 6 aromatic rings. The van der Waals surface area contributed by atoms with Crippen molar-refractivity contribution < 1.29 is 14.0 Å². The van der Waals surface area contributed by atoms with Gasteiger partial charge >= 0.3 is 0 Å². The topological polar surface area (TPSA) is 122 Å². The number of hydrogen-bond acceptors (Lipinski definition) is 5. The molecule has 0 radical (unpaired) electrons. The van der Waals surface area contributed by atoms with Crippen LogP contribution in [0.5, 0.6) is 0 Å². The van der Waals surface area contributed by atoms with E-state index in [4.69, 9.17) is 17.3 Å². The van der Waals surface area contributed by atoms with Gasteiger partial charge in [0, 0.05) is 32.6 Å². The smallest absolute Gasteiger partial charge is 0.274 e. The second kappa shape index (κ2) is 11.0. The van der Waals surface area contributed by atoms with Gasteiger partial charge in [0.05, 0.1) is 22.7 Å². The molecule has 0 unspecified atom stereocenters. The van der Waals surface area contributed by atoms with Crippen LogP contribution in [0.3, 0.4) is 0 Å². The van der Waals surface area contributed by atoms with E-state index in [0.717, 1.165) is 5.56 Å². The number of nitrogens with one attached hydrogen (secondary N) is 1. The first-order chi connectivity index (χ1) is 20.7. The van der Waals surface area contributed by atoms with Crippen molar-refractivity contribution in [1.82, 2.24) is 9.97 Å². The molecule has 7 nitrogen and oxygen atoms in total. The maximum atomic E-state index is 14.9. The highest BCUT2D eigenvalue weighted by Crippen LogP contribution is 2.34. The van der Waals surface area contributed by atoms with Crippen LogP contribution < -0.4 is 11.1 Å². The minimum Gasteiger partial charge on any atom is -0.364 e. The fourth-order valence-corrected chi connectivity index (χ4v) is 5.22. The van der Waals surface area contributed by atoms with Gasteiger partial charge in [0.1, 0.15) is 17.2 Å². The molecule has 208 valence electrons. The maximum Gasteiger partial charge on any atom is 0.274 e. The number of carbonyl (C=O) groups excluding carboxylic acids is 2. The number of halogens is 2. The number of amides is 2. The third-order valence-electron chi connectivity index (χ3n) is 7.08. The number of fused-ring (bicyclic) bond motifs is 2. The third kappa shape index (κ3) is 5.25. The van der Waals surface area contributed by atoms with E-state index >= 15 is 0 Å². The Labute approximate surface area is 250 Å². The van der Waals surface area contributed by atoms with Crippen LogP contribution in [0.2, 0.25) is 5.02 Å². The molecule has 2 aromatic heterocycles. The first kappa shape index (κ1) is 27.5. The molecule has 2 heterocycles. The first-order valence-electron chi connectivity index (χ1n) is 13.1. The second-order valence-electron chi connectivity index (χ2n) is 9.96. The molecule has 4 aromatic carbocycles. The Hall–Kier alpha value is -5.65. The van der Waals surface area contributed by atoms with Crippen LogP contribution in [0.1, 0.15) is 32.1 Å². The predicted molar refractivity (Wildman–Crippen MR) is 165 cm³/mol. The van der Waals surface area contributed by atoms with Crippen LogP contribution in [0.4, 0.5) is 10.1 Å². The standard InChI is InChI=1S/C34H21ClFN5O2/c1-18-6-9-22(19(12-18)17-37)26-15-31(33(38)42)41-30-14-21(8-11-25(26)30)39-34(43)32-16-27(23-10-7-20(35)13-28(23)36)24-4-2-3-5-29(24)40-32/h2-16H,1H3,(H2,38,42)(H,39,43). The predicted octanol–water partition coefficient (Wildman–Crippen LogP) is 7.44. The van der Waals surface area contributed by atoms with Gasteiger partial charge in [-0.2, -0.15) is 5.26 Å². The van der Waals surface area contributed by atoms with Crippen molar-refractivity contribution in [3.8, 4) is 28.3 Å². The summed E-state index contributed by atoms with van der Waals surface area (Å²) in [5.41, 5.74) is 10.3. The molecular weight excluding hydrogens is 565 g/mol. The summed E-state index contributed by atoms with van der Waals surface area (Å²) in [5, 5.41) is 14.2. The molecular formula is C34H21ClFN5O2. The highest BCUT2D eigenvalue weighted by atomic mass is 35.5. The van der Waals surface area contributed by atoms with Gasteiger partial charge in [0.15, 0.2) is 0 Å². The largest absolute Gasteiger partial charge is 0.364 e. The Kier molecular flexibility index (Phi) is 7.02. The van der Waals surface area contributed by atoms with E-state index in [1.54, 1.807) is 54.6 Å². The summed E-state index contributed by atoms with van der Waals surface area (Å²) >= 11 is 5.97. The van der Waals surface area contributed by atoms with Crippen molar-refractivity contribution in [3.63, 3.8) is 0 Å². The first-order valence-corrected chi connectivity index (χ1v) is 13.5. The Balaban J connectivity index is 1.43. The summed E-state index contributed by atoms with van der Waals surface area (Å²) in [6.45, 7) is 1.89. The summed E-state index contributed by atoms with van der Waals surface area (Å²) in [7, 11) is 0. The van der Waals surface area contributed by atoms with Gasteiger partial charge in [0.25, 0.3) is 11.8 Å². The SMILES string of the molecule is Cc1ccc(-c2cc(C(N)=O)nc3cc(NC(=O)c4cc(-c5ccc(Cl)cc5F)c5ccccc5n4)ccc23)c(C#N)c1. The van der Waals surface area contributed by atoms with Gasteiger partial charge in [-0.05, 0) is 78.2 Å².